The number of hydrogen-bond acceptors (Lipinski definition) is 2. The monoisotopic (exact) mass is 505 g/mol. The Hall–Kier alpha value is -2.61. The second-order valence-corrected chi connectivity index (χ2v) is 10.2. The molecule has 1 unspecified atom stereocenters. The Morgan fingerprint density at radius 2 is 1.69 bits per heavy atom. The molecule has 0 radical (unpaired) electrons. The van der Waals surface area contributed by atoms with Crippen molar-refractivity contribution in [3.8, 4) is 0 Å². The van der Waals surface area contributed by atoms with Crippen LogP contribution < -0.4 is 5.32 Å². The van der Waals surface area contributed by atoms with Crippen molar-refractivity contribution in [2.24, 2.45) is 5.92 Å². The molecule has 2 aliphatic rings. The third kappa shape index (κ3) is 6.78. The van der Waals surface area contributed by atoms with E-state index in [4.69, 9.17) is 0 Å². The number of nitrogens with one attached hydrogen (secondary N) is 1. The molecule has 8 heteroatoms. The van der Waals surface area contributed by atoms with Crippen molar-refractivity contribution in [1.82, 2.24) is 9.80 Å². The minimum atomic E-state index is -4.70. The molecule has 2 aromatic rings. The van der Waals surface area contributed by atoms with Crippen molar-refractivity contribution < 1.29 is 22.4 Å². The third-order valence-electron chi connectivity index (χ3n) is 7.78. The topological polar surface area (TPSA) is 35.6 Å². The summed E-state index contributed by atoms with van der Waals surface area (Å²) in [5, 5.41) is 2.53. The molecule has 1 aliphatic heterocycles. The molecule has 4 rings (SSSR count). The molecular weight excluding hydrogens is 470 g/mol. The first kappa shape index (κ1) is 26.5. The summed E-state index contributed by atoms with van der Waals surface area (Å²) in [4.78, 5) is 17.6. The number of anilines is 1. The minimum Gasteiger partial charge on any atom is -0.317 e. The van der Waals surface area contributed by atoms with E-state index in [0.29, 0.717) is 18.7 Å². The second-order valence-electron chi connectivity index (χ2n) is 10.2. The third-order valence-corrected chi connectivity index (χ3v) is 7.78. The fourth-order valence-corrected chi connectivity index (χ4v) is 5.69. The van der Waals surface area contributed by atoms with Gasteiger partial charge >= 0.3 is 12.2 Å². The molecule has 2 aromatic carbocycles. The van der Waals surface area contributed by atoms with E-state index in [1.54, 1.807) is 4.90 Å². The van der Waals surface area contributed by atoms with E-state index in [9.17, 15) is 22.4 Å². The fraction of sp³-hybridized carbons (Fsp3) is 0.536. The maximum Gasteiger partial charge on any atom is 0.416 e. The molecule has 1 aliphatic carbocycles. The normalized spacial score (nSPS) is 19.1. The number of carbonyl (C=O) groups excluding carboxylic acids is 1. The van der Waals surface area contributed by atoms with Gasteiger partial charge in [-0.1, -0.05) is 49.6 Å². The Balaban J connectivity index is 1.47. The maximum absolute atomic E-state index is 13.9. The van der Waals surface area contributed by atoms with Gasteiger partial charge in [0, 0.05) is 37.4 Å². The maximum atomic E-state index is 13.9. The van der Waals surface area contributed by atoms with Crippen molar-refractivity contribution in [2.75, 3.05) is 18.4 Å². The Morgan fingerprint density at radius 3 is 2.33 bits per heavy atom. The highest BCUT2D eigenvalue weighted by molar-refractivity contribution is 5.89. The molecule has 1 N–H and O–H groups in total. The lowest BCUT2D eigenvalue weighted by molar-refractivity contribution is -0.137. The van der Waals surface area contributed by atoms with Gasteiger partial charge in [-0.15, -0.1) is 0 Å². The number of nitrogens with zero attached hydrogens (tertiary/aromatic N) is 2. The SMILES string of the molecule is CC(C1CCCCC1)N1CCC(N(Cc2ccccc2)C(=O)Nc2cc(F)cc(C(F)(F)F)c2)CC1. The lowest BCUT2D eigenvalue weighted by Gasteiger charge is -2.43. The molecule has 196 valence electrons. The first-order valence-electron chi connectivity index (χ1n) is 12.9. The summed E-state index contributed by atoms with van der Waals surface area (Å²) >= 11 is 0. The van der Waals surface area contributed by atoms with Gasteiger partial charge in [0.2, 0.25) is 0 Å². The van der Waals surface area contributed by atoms with Crippen LogP contribution in [0, 0.1) is 11.7 Å². The van der Waals surface area contributed by atoms with Gasteiger partial charge in [-0.05, 0) is 62.3 Å². The number of piperidine rings is 1. The molecule has 0 aromatic heterocycles. The van der Waals surface area contributed by atoms with Crippen molar-refractivity contribution in [2.45, 2.75) is 76.7 Å². The number of carbonyl (C=O) groups is 1. The van der Waals surface area contributed by atoms with Crippen molar-refractivity contribution in [1.29, 1.82) is 0 Å². The zero-order valence-corrected chi connectivity index (χ0v) is 20.7. The van der Waals surface area contributed by atoms with E-state index in [1.165, 1.54) is 32.1 Å². The standard InChI is InChI=1S/C28H35F4N3O/c1-20(22-10-6-3-7-11-22)34-14-12-26(13-15-34)35(19-21-8-4-2-5-9-21)27(36)33-25-17-23(28(30,31)32)16-24(29)18-25/h2,4-5,8-9,16-18,20,22,26H,3,6-7,10-15,19H2,1H3,(H,33,36). The molecule has 2 fully saturated rings. The van der Waals surface area contributed by atoms with E-state index in [-0.39, 0.29) is 11.7 Å². The van der Waals surface area contributed by atoms with Crippen LogP contribution in [0.4, 0.5) is 28.0 Å². The number of hydrogen-bond donors (Lipinski definition) is 1. The molecule has 1 saturated carbocycles. The Kier molecular flexibility index (Phi) is 8.54. The Bertz CT molecular complexity index is 1000. The van der Waals surface area contributed by atoms with Crippen LogP contribution >= 0.6 is 0 Å². The van der Waals surface area contributed by atoms with Crippen LogP contribution in [-0.4, -0.2) is 41.0 Å². The van der Waals surface area contributed by atoms with E-state index in [1.807, 2.05) is 30.3 Å². The van der Waals surface area contributed by atoms with Crippen LogP contribution in [0.2, 0.25) is 0 Å². The summed E-state index contributed by atoms with van der Waals surface area (Å²) < 4.78 is 53.4. The molecular formula is C28H35F4N3O. The fourth-order valence-electron chi connectivity index (χ4n) is 5.69. The lowest BCUT2D eigenvalue weighted by Crippen LogP contribution is -2.51. The highest BCUT2D eigenvalue weighted by atomic mass is 19.4. The summed E-state index contributed by atoms with van der Waals surface area (Å²) in [5.74, 6) is -0.324. The molecule has 1 heterocycles. The predicted molar refractivity (Wildman–Crippen MR) is 133 cm³/mol. The van der Waals surface area contributed by atoms with Crippen LogP contribution in [0.15, 0.2) is 48.5 Å². The molecule has 2 amide bonds. The van der Waals surface area contributed by atoms with E-state index in [2.05, 4.69) is 17.1 Å². The summed E-state index contributed by atoms with van der Waals surface area (Å²) in [6, 6.07) is 11.6. The van der Waals surface area contributed by atoms with Crippen LogP contribution in [-0.2, 0) is 12.7 Å². The Labute approximate surface area is 210 Å². The molecule has 36 heavy (non-hydrogen) atoms. The van der Waals surface area contributed by atoms with Crippen LogP contribution in [0.3, 0.4) is 0 Å². The first-order chi connectivity index (χ1) is 17.2. The number of alkyl halides is 3. The van der Waals surface area contributed by atoms with Crippen molar-refractivity contribution in [3.63, 3.8) is 0 Å². The predicted octanol–water partition coefficient (Wildman–Crippen LogP) is 7.31. The van der Waals surface area contributed by atoms with Crippen LogP contribution in [0.1, 0.15) is 63.0 Å². The van der Waals surface area contributed by atoms with Crippen molar-refractivity contribution in [3.05, 3.63) is 65.5 Å². The summed E-state index contributed by atoms with van der Waals surface area (Å²) in [7, 11) is 0. The van der Waals surface area contributed by atoms with E-state index < -0.39 is 23.6 Å². The number of halogens is 4. The zero-order chi connectivity index (χ0) is 25.7. The zero-order valence-electron chi connectivity index (χ0n) is 20.7. The van der Waals surface area contributed by atoms with Gasteiger partial charge in [0.1, 0.15) is 5.82 Å². The highest BCUT2D eigenvalue weighted by Gasteiger charge is 2.34. The largest absolute Gasteiger partial charge is 0.416 e. The van der Waals surface area contributed by atoms with E-state index in [0.717, 1.165) is 49.5 Å². The molecule has 4 nitrogen and oxygen atoms in total. The summed E-state index contributed by atoms with van der Waals surface area (Å²) in [5.41, 5.74) is -0.396. The van der Waals surface area contributed by atoms with Crippen LogP contribution in [0.25, 0.3) is 0 Å². The number of urea groups is 1. The van der Waals surface area contributed by atoms with Gasteiger partial charge in [-0.2, -0.15) is 13.2 Å². The van der Waals surface area contributed by atoms with Gasteiger partial charge in [-0.3, -0.25) is 0 Å². The number of likely N-dealkylation sites (tertiary alicyclic amines) is 1. The lowest BCUT2D eigenvalue weighted by atomic mass is 9.83. The molecule has 0 spiro atoms. The van der Waals surface area contributed by atoms with E-state index >= 15 is 0 Å². The average Bonchev–Trinajstić information content (AvgIpc) is 2.87. The number of rotatable bonds is 6. The van der Waals surface area contributed by atoms with Gasteiger partial charge in [-0.25, -0.2) is 9.18 Å². The Morgan fingerprint density at radius 1 is 1.03 bits per heavy atom. The molecule has 1 atom stereocenters. The molecule has 1 saturated heterocycles. The minimum absolute atomic E-state index is 0.0596. The average molecular weight is 506 g/mol. The summed E-state index contributed by atoms with van der Waals surface area (Å²) in [6.45, 7) is 4.39. The van der Waals surface area contributed by atoms with Gasteiger partial charge in [0.25, 0.3) is 0 Å². The first-order valence-corrected chi connectivity index (χ1v) is 12.9. The molecule has 0 bridgehead atoms. The quantitative estimate of drug-likeness (QED) is 0.418. The van der Waals surface area contributed by atoms with Gasteiger partial charge in [0.05, 0.1) is 5.56 Å². The smallest absolute Gasteiger partial charge is 0.317 e. The highest BCUT2D eigenvalue weighted by Crippen LogP contribution is 2.33. The summed E-state index contributed by atoms with van der Waals surface area (Å²) in [6.07, 6.45) is 3.34. The number of amides is 2. The van der Waals surface area contributed by atoms with Crippen molar-refractivity contribution >= 4 is 11.7 Å². The van der Waals surface area contributed by atoms with Gasteiger partial charge in [0.15, 0.2) is 0 Å². The number of benzene rings is 2. The van der Waals surface area contributed by atoms with Crippen LogP contribution in [0.5, 0.6) is 0 Å². The second kappa shape index (κ2) is 11.6. The van der Waals surface area contributed by atoms with Gasteiger partial charge < -0.3 is 15.1 Å².